The van der Waals surface area contributed by atoms with Crippen LogP contribution in [0, 0.1) is 5.92 Å². The third-order valence-electron chi connectivity index (χ3n) is 4.04. The maximum absolute atomic E-state index is 5.35. The molecule has 2 bridgehead atoms. The molecule has 0 aromatic carbocycles. The van der Waals surface area contributed by atoms with Crippen LogP contribution in [-0.2, 0) is 0 Å². The van der Waals surface area contributed by atoms with Gasteiger partial charge in [0.25, 0.3) is 0 Å². The van der Waals surface area contributed by atoms with E-state index in [0.717, 1.165) is 11.6 Å². The van der Waals surface area contributed by atoms with E-state index in [1.165, 1.54) is 32.5 Å². The fourth-order valence-electron chi connectivity index (χ4n) is 3.04. The topological polar surface area (TPSA) is 37.4 Å². The molecule has 4 heterocycles. The summed E-state index contributed by atoms with van der Waals surface area (Å²) in [5.74, 6) is 1.54. The molecule has 1 aromatic rings. The van der Waals surface area contributed by atoms with Crippen LogP contribution in [0.2, 0.25) is 0 Å². The Balaban J connectivity index is 1.62. The second-order valence-corrected chi connectivity index (χ2v) is 5.21. The summed E-state index contributed by atoms with van der Waals surface area (Å²) in [5, 5.41) is 3.62. The first kappa shape index (κ1) is 11.8. The van der Waals surface area contributed by atoms with Crippen molar-refractivity contribution in [3.63, 3.8) is 0 Å². The zero-order valence-electron chi connectivity index (χ0n) is 10.9. The molecule has 3 aliphatic rings. The Hall–Kier alpha value is -1.29. The molecule has 0 aliphatic carbocycles. The molecule has 1 atom stereocenters. The zero-order valence-corrected chi connectivity index (χ0v) is 10.9. The Kier molecular flexibility index (Phi) is 3.37. The minimum absolute atomic E-state index is 0.590. The Bertz CT molecular complexity index is 385. The minimum atomic E-state index is 0.590. The van der Waals surface area contributed by atoms with E-state index in [4.69, 9.17) is 4.74 Å². The van der Waals surface area contributed by atoms with Crippen LogP contribution in [0.3, 0.4) is 0 Å². The van der Waals surface area contributed by atoms with Gasteiger partial charge in [-0.2, -0.15) is 0 Å². The summed E-state index contributed by atoms with van der Waals surface area (Å²) < 4.78 is 5.35. The Morgan fingerprint density at radius 1 is 1.39 bits per heavy atom. The molecule has 4 nitrogen and oxygen atoms in total. The number of rotatable bonds is 4. The van der Waals surface area contributed by atoms with Crippen molar-refractivity contribution in [2.75, 3.05) is 31.6 Å². The van der Waals surface area contributed by atoms with Gasteiger partial charge in [0.15, 0.2) is 0 Å². The molecule has 1 N–H and O–H groups in total. The van der Waals surface area contributed by atoms with Crippen molar-refractivity contribution in [2.45, 2.75) is 25.8 Å². The first-order chi connectivity index (χ1) is 8.85. The fourth-order valence-corrected chi connectivity index (χ4v) is 3.04. The number of fused-ring (bicyclic) bond motifs is 3. The van der Waals surface area contributed by atoms with Crippen molar-refractivity contribution in [3.05, 3.63) is 18.3 Å². The Labute approximate surface area is 108 Å². The first-order valence-electron chi connectivity index (χ1n) is 6.93. The molecule has 3 saturated heterocycles. The van der Waals surface area contributed by atoms with Crippen molar-refractivity contribution in [3.8, 4) is 5.88 Å². The highest BCUT2D eigenvalue weighted by Crippen LogP contribution is 2.29. The summed E-state index contributed by atoms with van der Waals surface area (Å²) in [4.78, 5) is 6.85. The zero-order chi connectivity index (χ0) is 12.4. The lowest BCUT2D eigenvalue weighted by molar-refractivity contribution is 0.0975. The maximum atomic E-state index is 5.35. The van der Waals surface area contributed by atoms with Crippen LogP contribution in [0.25, 0.3) is 0 Å². The van der Waals surface area contributed by atoms with Crippen molar-refractivity contribution >= 4 is 5.69 Å². The van der Waals surface area contributed by atoms with Crippen LogP contribution < -0.4 is 10.1 Å². The van der Waals surface area contributed by atoms with Gasteiger partial charge in [0.05, 0.1) is 18.5 Å². The van der Waals surface area contributed by atoms with E-state index in [-0.39, 0.29) is 0 Å². The van der Waals surface area contributed by atoms with Gasteiger partial charge >= 0.3 is 0 Å². The highest BCUT2D eigenvalue weighted by Gasteiger charge is 2.33. The monoisotopic (exact) mass is 247 g/mol. The average Bonchev–Trinajstić information content (AvgIpc) is 2.43. The van der Waals surface area contributed by atoms with E-state index in [9.17, 15) is 0 Å². The molecular weight excluding hydrogens is 226 g/mol. The normalized spacial score (nSPS) is 30.2. The number of anilines is 1. The SMILES string of the molecule is CCOc1ccc(NC2CN3CCC2CC3)cn1. The van der Waals surface area contributed by atoms with Crippen LogP contribution in [0.1, 0.15) is 19.8 Å². The lowest BCUT2D eigenvalue weighted by atomic mass is 9.84. The van der Waals surface area contributed by atoms with Crippen molar-refractivity contribution in [2.24, 2.45) is 5.92 Å². The van der Waals surface area contributed by atoms with Gasteiger partial charge in [0.1, 0.15) is 0 Å². The van der Waals surface area contributed by atoms with Crippen LogP contribution in [-0.4, -0.2) is 42.2 Å². The van der Waals surface area contributed by atoms with Crippen LogP contribution in [0.15, 0.2) is 18.3 Å². The smallest absolute Gasteiger partial charge is 0.213 e. The molecule has 3 fully saturated rings. The van der Waals surface area contributed by atoms with Gasteiger partial charge in [-0.15, -0.1) is 0 Å². The second kappa shape index (κ2) is 5.14. The van der Waals surface area contributed by atoms with Gasteiger partial charge in [-0.1, -0.05) is 0 Å². The molecule has 0 radical (unpaired) electrons. The first-order valence-corrected chi connectivity index (χ1v) is 6.93. The van der Waals surface area contributed by atoms with Gasteiger partial charge in [0.2, 0.25) is 5.88 Å². The van der Waals surface area contributed by atoms with Crippen LogP contribution in [0.5, 0.6) is 5.88 Å². The molecule has 0 saturated carbocycles. The number of piperidine rings is 3. The number of hydrogen-bond donors (Lipinski definition) is 1. The van der Waals surface area contributed by atoms with E-state index < -0.39 is 0 Å². The molecule has 3 aliphatic heterocycles. The number of aromatic nitrogens is 1. The Morgan fingerprint density at radius 3 is 2.78 bits per heavy atom. The van der Waals surface area contributed by atoms with Crippen molar-refractivity contribution < 1.29 is 4.74 Å². The van der Waals surface area contributed by atoms with E-state index in [2.05, 4.69) is 21.3 Å². The highest BCUT2D eigenvalue weighted by molar-refractivity contribution is 5.43. The standard InChI is InChI=1S/C14H21N3O/c1-2-18-14-4-3-12(9-15-14)16-13-10-17-7-5-11(13)6-8-17/h3-4,9,11,13,16H,2,5-8,10H2,1H3. The predicted octanol–water partition coefficient (Wildman–Crippen LogP) is 1.99. The third kappa shape index (κ3) is 2.43. The van der Waals surface area contributed by atoms with Gasteiger partial charge in [-0.25, -0.2) is 4.98 Å². The molecule has 4 heteroatoms. The third-order valence-corrected chi connectivity index (χ3v) is 4.04. The summed E-state index contributed by atoms with van der Waals surface area (Å²) in [5.41, 5.74) is 1.11. The van der Waals surface area contributed by atoms with Crippen LogP contribution in [0.4, 0.5) is 5.69 Å². The predicted molar refractivity (Wildman–Crippen MR) is 72.0 cm³/mol. The molecule has 0 amide bonds. The van der Waals surface area contributed by atoms with E-state index in [0.29, 0.717) is 18.5 Å². The van der Waals surface area contributed by atoms with E-state index in [1.807, 2.05) is 19.2 Å². The summed E-state index contributed by atoms with van der Waals surface area (Å²) in [6.45, 7) is 6.38. The summed E-state index contributed by atoms with van der Waals surface area (Å²) in [6, 6.07) is 4.59. The number of ether oxygens (including phenoxy) is 1. The van der Waals surface area contributed by atoms with Gasteiger partial charge in [0, 0.05) is 18.7 Å². The van der Waals surface area contributed by atoms with E-state index >= 15 is 0 Å². The van der Waals surface area contributed by atoms with Gasteiger partial charge in [-0.05, 0) is 44.8 Å². The van der Waals surface area contributed by atoms with E-state index in [1.54, 1.807) is 0 Å². The molecular formula is C14H21N3O. The average molecular weight is 247 g/mol. The van der Waals surface area contributed by atoms with Crippen molar-refractivity contribution in [1.29, 1.82) is 0 Å². The largest absolute Gasteiger partial charge is 0.478 e. The summed E-state index contributed by atoms with van der Waals surface area (Å²) in [6.07, 6.45) is 4.55. The highest BCUT2D eigenvalue weighted by atomic mass is 16.5. The summed E-state index contributed by atoms with van der Waals surface area (Å²) >= 11 is 0. The molecule has 1 unspecified atom stereocenters. The van der Waals surface area contributed by atoms with Crippen LogP contribution >= 0.6 is 0 Å². The summed E-state index contributed by atoms with van der Waals surface area (Å²) in [7, 11) is 0. The number of nitrogens with zero attached hydrogens (tertiary/aromatic N) is 2. The number of pyridine rings is 1. The minimum Gasteiger partial charge on any atom is -0.478 e. The number of hydrogen-bond acceptors (Lipinski definition) is 4. The molecule has 4 rings (SSSR count). The Morgan fingerprint density at radius 2 is 2.22 bits per heavy atom. The van der Waals surface area contributed by atoms with Gasteiger partial charge in [-0.3, -0.25) is 0 Å². The molecule has 98 valence electrons. The maximum Gasteiger partial charge on any atom is 0.213 e. The second-order valence-electron chi connectivity index (χ2n) is 5.21. The lowest BCUT2D eigenvalue weighted by Crippen LogP contribution is -2.53. The lowest BCUT2D eigenvalue weighted by Gasteiger charge is -2.45. The number of nitrogens with one attached hydrogen (secondary N) is 1. The fraction of sp³-hybridized carbons (Fsp3) is 0.643. The van der Waals surface area contributed by atoms with Gasteiger partial charge < -0.3 is 15.0 Å². The molecule has 0 spiro atoms. The quantitative estimate of drug-likeness (QED) is 0.883. The molecule has 1 aromatic heterocycles. The molecule has 18 heavy (non-hydrogen) atoms. The van der Waals surface area contributed by atoms with Crippen molar-refractivity contribution in [1.82, 2.24) is 9.88 Å².